The summed E-state index contributed by atoms with van der Waals surface area (Å²) >= 11 is 0. The van der Waals surface area contributed by atoms with Gasteiger partial charge in [0.1, 0.15) is 5.75 Å². The Balaban J connectivity index is 2.45. The maximum Gasteiger partial charge on any atom is 0.183 e. The average Bonchev–Trinajstić information content (AvgIpc) is 2.98. The zero-order valence-corrected chi connectivity index (χ0v) is 11.5. The highest BCUT2D eigenvalue weighted by Gasteiger charge is 2.21. The fourth-order valence-corrected chi connectivity index (χ4v) is 2.14. The molecule has 0 saturated carbocycles. The first-order chi connectivity index (χ1) is 9.30. The molecule has 2 aromatic rings. The van der Waals surface area contributed by atoms with Gasteiger partial charge in [-0.2, -0.15) is 5.21 Å². The van der Waals surface area contributed by atoms with Crippen molar-refractivity contribution in [1.29, 1.82) is 0 Å². The summed E-state index contributed by atoms with van der Waals surface area (Å²) in [6.45, 7) is 2.86. The lowest BCUT2D eigenvalue weighted by atomic mass is 9.94. The minimum Gasteiger partial charge on any atom is -0.496 e. The number of rotatable bonds is 6. The Morgan fingerprint density at radius 3 is 2.84 bits per heavy atom. The van der Waals surface area contributed by atoms with E-state index in [9.17, 15) is 0 Å². The molecule has 6 nitrogen and oxygen atoms in total. The fourth-order valence-electron chi connectivity index (χ4n) is 2.14. The maximum absolute atomic E-state index is 5.46. The molecule has 0 saturated heterocycles. The van der Waals surface area contributed by atoms with E-state index in [2.05, 4.69) is 45.0 Å². The average molecular weight is 261 g/mol. The molecule has 102 valence electrons. The summed E-state index contributed by atoms with van der Waals surface area (Å²) < 4.78 is 5.46. The maximum atomic E-state index is 5.46. The van der Waals surface area contributed by atoms with Crippen LogP contribution in [0.25, 0.3) is 0 Å². The van der Waals surface area contributed by atoms with Crippen LogP contribution in [0, 0.1) is 0 Å². The number of aromatic amines is 1. The lowest BCUT2D eigenvalue weighted by Crippen LogP contribution is -2.20. The van der Waals surface area contributed by atoms with E-state index in [0.717, 1.165) is 24.3 Å². The molecular formula is C13H19N5O. The summed E-state index contributed by atoms with van der Waals surface area (Å²) in [6.07, 6.45) is 0.982. The van der Waals surface area contributed by atoms with Crippen LogP contribution < -0.4 is 10.1 Å². The molecule has 0 aliphatic carbocycles. The Labute approximate surface area is 112 Å². The number of H-pyrrole nitrogens is 1. The van der Waals surface area contributed by atoms with Gasteiger partial charge in [-0.3, -0.25) is 0 Å². The number of tetrazole rings is 1. The van der Waals surface area contributed by atoms with Crippen LogP contribution in [0.3, 0.4) is 0 Å². The van der Waals surface area contributed by atoms with Crippen LogP contribution in [0.4, 0.5) is 0 Å². The summed E-state index contributed by atoms with van der Waals surface area (Å²) in [7, 11) is 3.58. The molecule has 0 bridgehead atoms. The third-order valence-corrected chi connectivity index (χ3v) is 3.16. The third-order valence-electron chi connectivity index (χ3n) is 3.16. The Hall–Kier alpha value is -1.95. The molecule has 1 aromatic carbocycles. The topological polar surface area (TPSA) is 75.7 Å². The van der Waals surface area contributed by atoms with Gasteiger partial charge in [-0.25, -0.2) is 0 Å². The van der Waals surface area contributed by atoms with E-state index in [1.165, 1.54) is 5.56 Å². The highest BCUT2D eigenvalue weighted by Crippen LogP contribution is 2.30. The number of nitrogens with zero attached hydrogens (tertiary/aromatic N) is 3. The van der Waals surface area contributed by atoms with Crippen molar-refractivity contribution in [3.8, 4) is 5.75 Å². The van der Waals surface area contributed by atoms with Crippen LogP contribution in [0.5, 0.6) is 5.75 Å². The van der Waals surface area contributed by atoms with Crippen molar-refractivity contribution in [2.24, 2.45) is 0 Å². The minimum absolute atomic E-state index is 0.0187. The number of hydrogen-bond acceptors (Lipinski definition) is 5. The number of likely N-dealkylation sites (N-methyl/N-ethyl adjacent to an activating group) is 1. The standard InChI is InChI=1S/C13H19N5O/c1-4-9-5-6-12(19-3)10(7-9)11(8-14-2)13-15-17-18-16-13/h5-7,11,14H,4,8H2,1-3H3,(H,15,16,17,18). The molecular weight excluding hydrogens is 242 g/mol. The van der Waals surface area contributed by atoms with E-state index in [0.29, 0.717) is 5.82 Å². The minimum atomic E-state index is 0.0187. The number of aryl methyl sites for hydroxylation is 1. The van der Waals surface area contributed by atoms with Crippen molar-refractivity contribution in [1.82, 2.24) is 25.9 Å². The van der Waals surface area contributed by atoms with E-state index in [-0.39, 0.29) is 5.92 Å². The van der Waals surface area contributed by atoms with Gasteiger partial charge in [-0.15, -0.1) is 10.2 Å². The number of aromatic nitrogens is 4. The SMILES string of the molecule is CCc1ccc(OC)c(C(CNC)c2nn[nH]n2)c1. The van der Waals surface area contributed by atoms with Crippen LogP contribution in [0.15, 0.2) is 18.2 Å². The van der Waals surface area contributed by atoms with Gasteiger partial charge in [-0.1, -0.05) is 24.3 Å². The number of nitrogens with one attached hydrogen (secondary N) is 2. The highest BCUT2D eigenvalue weighted by molar-refractivity contribution is 5.42. The van der Waals surface area contributed by atoms with E-state index < -0.39 is 0 Å². The first kappa shape index (κ1) is 13.5. The van der Waals surface area contributed by atoms with E-state index >= 15 is 0 Å². The molecule has 1 aromatic heterocycles. The van der Waals surface area contributed by atoms with Gasteiger partial charge >= 0.3 is 0 Å². The number of methoxy groups -OCH3 is 1. The van der Waals surface area contributed by atoms with Gasteiger partial charge in [0.15, 0.2) is 5.82 Å². The van der Waals surface area contributed by atoms with Crippen LogP contribution in [0.1, 0.15) is 29.8 Å². The van der Waals surface area contributed by atoms with Crippen LogP contribution in [-0.4, -0.2) is 41.3 Å². The van der Waals surface area contributed by atoms with Crippen LogP contribution >= 0.6 is 0 Å². The Bertz CT molecular complexity index is 512. The smallest absolute Gasteiger partial charge is 0.183 e. The molecule has 6 heteroatoms. The molecule has 1 unspecified atom stereocenters. The molecule has 0 aliphatic heterocycles. The lowest BCUT2D eigenvalue weighted by molar-refractivity contribution is 0.406. The summed E-state index contributed by atoms with van der Waals surface area (Å²) in [5.41, 5.74) is 2.35. The zero-order valence-electron chi connectivity index (χ0n) is 11.5. The first-order valence-corrected chi connectivity index (χ1v) is 6.34. The Kier molecular flexibility index (Phi) is 4.46. The predicted octanol–water partition coefficient (Wildman–Crippen LogP) is 1.12. The van der Waals surface area contributed by atoms with Gasteiger partial charge in [-0.05, 0) is 25.1 Å². The van der Waals surface area contributed by atoms with Crippen LogP contribution in [0.2, 0.25) is 0 Å². The molecule has 0 fully saturated rings. The van der Waals surface area contributed by atoms with Gasteiger partial charge in [0.05, 0.1) is 13.0 Å². The molecule has 2 N–H and O–H groups in total. The van der Waals surface area contributed by atoms with E-state index in [1.54, 1.807) is 7.11 Å². The first-order valence-electron chi connectivity index (χ1n) is 6.34. The van der Waals surface area contributed by atoms with E-state index in [1.807, 2.05) is 13.1 Å². The van der Waals surface area contributed by atoms with Crippen molar-refractivity contribution >= 4 is 0 Å². The van der Waals surface area contributed by atoms with Crippen molar-refractivity contribution in [3.63, 3.8) is 0 Å². The molecule has 2 rings (SSSR count). The van der Waals surface area contributed by atoms with E-state index in [4.69, 9.17) is 4.74 Å². The summed E-state index contributed by atoms with van der Waals surface area (Å²) in [4.78, 5) is 0. The second-order valence-electron chi connectivity index (χ2n) is 4.31. The van der Waals surface area contributed by atoms with Gasteiger partial charge in [0.25, 0.3) is 0 Å². The zero-order chi connectivity index (χ0) is 13.7. The summed E-state index contributed by atoms with van der Waals surface area (Å²) in [5.74, 6) is 1.54. The molecule has 0 aliphatic rings. The number of ether oxygens (including phenoxy) is 1. The van der Waals surface area contributed by atoms with Gasteiger partial charge in [0, 0.05) is 12.1 Å². The van der Waals surface area contributed by atoms with Crippen molar-refractivity contribution in [2.45, 2.75) is 19.3 Å². The Morgan fingerprint density at radius 1 is 1.42 bits per heavy atom. The lowest BCUT2D eigenvalue weighted by Gasteiger charge is -2.17. The molecule has 0 amide bonds. The van der Waals surface area contributed by atoms with Crippen molar-refractivity contribution in [2.75, 3.05) is 20.7 Å². The molecule has 0 radical (unpaired) electrons. The van der Waals surface area contributed by atoms with Crippen molar-refractivity contribution < 1.29 is 4.74 Å². The Morgan fingerprint density at radius 2 is 2.26 bits per heavy atom. The third kappa shape index (κ3) is 2.90. The number of benzene rings is 1. The summed E-state index contributed by atoms with van der Waals surface area (Å²) in [5, 5.41) is 17.5. The second-order valence-corrected chi connectivity index (χ2v) is 4.31. The molecule has 19 heavy (non-hydrogen) atoms. The monoisotopic (exact) mass is 261 g/mol. The van der Waals surface area contributed by atoms with Crippen LogP contribution in [-0.2, 0) is 6.42 Å². The molecule has 1 heterocycles. The van der Waals surface area contributed by atoms with Crippen molar-refractivity contribution in [3.05, 3.63) is 35.2 Å². The molecule has 0 spiro atoms. The van der Waals surface area contributed by atoms with Gasteiger partial charge < -0.3 is 10.1 Å². The quantitative estimate of drug-likeness (QED) is 0.815. The summed E-state index contributed by atoms with van der Waals surface area (Å²) in [6, 6.07) is 6.23. The highest BCUT2D eigenvalue weighted by atomic mass is 16.5. The van der Waals surface area contributed by atoms with Gasteiger partial charge in [0.2, 0.25) is 0 Å². The number of hydrogen-bond donors (Lipinski definition) is 2. The second kappa shape index (κ2) is 6.29. The fraction of sp³-hybridized carbons (Fsp3) is 0.462. The molecule has 1 atom stereocenters. The normalized spacial score (nSPS) is 12.4. The predicted molar refractivity (Wildman–Crippen MR) is 72.3 cm³/mol. The largest absolute Gasteiger partial charge is 0.496 e.